The van der Waals surface area contributed by atoms with Crippen LogP contribution in [-0.4, -0.2) is 23.6 Å². The van der Waals surface area contributed by atoms with E-state index in [9.17, 15) is 20.0 Å². The Labute approximate surface area is 151 Å². The lowest BCUT2D eigenvalue weighted by atomic mass is 10.1. The number of nitrogens with zero attached hydrogens (tertiary/aromatic N) is 1. The van der Waals surface area contributed by atoms with Crippen molar-refractivity contribution in [3.8, 4) is 6.07 Å². The van der Waals surface area contributed by atoms with Gasteiger partial charge in [-0.1, -0.05) is 42.5 Å². The Morgan fingerprint density at radius 3 is 2.35 bits per heavy atom. The van der Waals surface area contributed by atoms with E-state index in [0.29, 0.717) is 11.3 Å². The number of nitriles is 1. The summed E-state index contributed by atoms with van der Waals surface area (Å²) in [6.45, 7) is 1.69. The molecular weight excluding hydrogens is 332 g/mol. The van der Waals surface area contributed by atoms with Crippen molar-refractivity contribution in [1.82, 2.24) is 0 Å². The molecule has 0 aliphatic carbocycles. The van der Waals surface area contributed by atoms with E-state index < -0.39 is 11.7 Å². The number of aliphatic hydroxyl groups excluding tert-OH is 1. The molecule has 0 saturated heterocycles. The summed E-state index contributed by atoms with van der Waals surface area (Å²) < 4.78 is 4.69. The van der Waals surface area contributed by atoms with Crippen molar-refractivity contribution in [3.63, 3.8) is 0 Å². The smallest absolute Gasteiger partial charge is 0.374 e. The van der Waals surface area contributed by atoms with Gasteiger partial charge in [-0.25, -0.2) is 4.79 Å². The topological polar surface area (TPSA) is 99.4 Å². The molecule has 0 fully saturated rings. The van der Waals surface area contributed by atoms with Crippen molar-refractivity contribution >= 4 is 23.1 Å². The van der Waals surface area contributed by atoms with Crippen molar-refractivity contribution < 1.29 is 19.4 Å². The van der Waals surface area contributed by atoms with Crippen molar-refractivity contribution in [1.29, 1.82) is 5.26 Å². The van der Waals surface area contributed by atoms with Gasteiger partial charge in [-0.2, -0.15) is 5.26 Å². The van der Waals surface area contributed by atoms with Crippen LogP contribution in [0, 0.1) is 11.3 Å². The van der Waals surface area contributed by atoms with Gasteiger partial charge in [0.15, 0.2) is 0 Å². The lowest BCUT2D eigenvalue weighted by Gasteiger charge is -2.07. The Morgan fingerprint density at radius 2 is 1.77 bits per heavy atom. The molecule has 2 N–H and O–H groups in total. The predicted molar refractivity (Wildman–Crippen MR) is 97.0 cm³/mol. The molecule has 0 aliphatic heterocycles. The Hall–Kier alpha value is -3.59. The molecule has 2 aromatic carbocycles. The van der Waals surface area contributed by atoms with Gasteiger partial charge in [-0.15, -0.1) is 0 Å². The highest BCUT2D eigenvalue weighted by molar-refractivity contribution is 5.99. The van der Waals surface area contributed by atoms with E-state index in [-0.39, 0.29) is 24.5 Å². The molecule has 6 nitrogen and oxygen atoms in total. The van der Waals surface area contributed by atoms with Crippen LogP contribution in [0.2, 0.25) is 0 Å². The zero-order valence-corrected chi connectivity index (χ0v) is 14.2. The molecule has 1 amide bonds. The van der Waals surface area contributed by atoms with E-state index in [1.807, 2.05) is 30.3 Å². The van der Waals surface area contributed by atoms with Crippen LogP contribution >= 0.6 is 0 Å². The largest absolute Gasteiger partial charge is 0.501 e. The molecule has 132 valence electrons. The van der Waals surface area contributed by atoms with Gasteiger partial charge in [0.05, 0.1) is 13.0 Å². The van der Waals surface area contributed by atoms with Crippen LogP contribution in [0.5, 0.6) is 0 Å². The first-order chi connectivity index (χ1) is 12.5. The Bertz CT molecular complexity index is 850. The van der Waals surface area contributed by atoms with Crippen LogP contribution in [0.25, 0.3) is 5.57 Å². The zero-order valence-electron chi connectivity index (χ0n) is 14.2. The number of aliphatic hydroxyl groups is 1. The standard InChI is InChI=1S/C20H18N2O4/c1-2-26-20(25)19(24)17(13-21)15-8-10-16(11-9-15)22-18(23)12-14-6-4-3-5-7-14/h3-11,24H,2,12H2,1H3,(H,22,23)/b19-17-. The summed E-state index contributed by atoms with van der Waals surface area (Å²) in [6, 6.07) is 17.4. The summed E-state index contributed by atoms with van der Waals surface area (Å²) in [5, 5.41) is 21.8. The minimum absolute atomic E-state index is 0.0913. The van der Waals surface area contributed by atoms with E-state index in [2.05, 4.69) is 10.1 Å². The summed E-state index contributed by atoms with van der Waals surface area (Å²) >= 11 is 0. The minimum atomic E-state index is -0.954. The fraction of sp³-hybridized carbons (Fsp3) is 0.150. The highest BCUT2D eigenvalue weighted by Crippen LogP contribution is 2.20. The molecule has 0 saturated carbocycles. The maximum absolute atomic E-state index is 12.1. The monoisotopic (exact) mass is 350 g/mol. The number of hydrogen-bond donors (Lipinski definition) is 2. The van der Waals surface area contributed by atoms with Gasteiger partial charge in [0.2, 0.25) is 11.7 Å². The Kier molecular flexibility index (Phi) is 6.52. The van der Waals surface area contributed by atoms with Gasteiger partial charge < -0.3 is 15.2 Å². The number of benzene rings is 2. The molecule has 6 heteroatoms. The summed E-state index contributed by atoms with van der Waals surface area (Å²) in [5.74, 6) is -1.87. The van der Waals surface area contributed by atoms with Crippen LogP contribution < -0.4 is 5.32 Å². The second kappa shape index (κ2) is 9.04. The lowest BCUT2D eigenvalue weighted by Crippen LogP contribution is -2.14. The Morgan fingerprint density at radius 1 is 1.12 bits per heavy atom. The summed E-state index contributed by atoms with van der Waals surface area (Å²) in [6.07, 6.45) is 0.246. The molecule has 0 atom stereocenters. The first kappa shape index (κ1) is 18.7. The number of carbonyl (C=O) groups excluding carboxylic acids is 2. The van der Waals surface area contributed by atoms with E-state index in [1.165, 1.54) is 12.1 Å². The zero-order chi connectivity index (χ0) is 18.9. The van der Waals surface area contributed by atoms with Gasteiger partial charge in [0.25, 0.3) is 0 Å². The molecule has 0 unspecified atom stereocenters. The fourth-order valence-corrected chi connectivity index (χ4v) is 2.26. The molecule has 26 heavy (non-hydrogen) atoms. The van der Waals surface area contributed by atoms with E-state index in [0.717, 1.165) is 5.56 Å². The summed E-state index contributed by atoms with van der Waals surface area (Å²) in [4.78, 5) is 23.6. The number of nitrogens with one attached hydrogen (secondary N) is 1. The SMILES string of the molecule is CCOC(=O)/C(O)=C(\C#N)c1ccc(NC(=O)Cc2ccccc2)cc1. The van der Waals surface area contributed by atoms with Crippen LogP contribution in [0.15, 0.2) is 60.4 Å². The first-order valence-electron chi connectivity index (χ1n) is 7.99. The molecular formula is C20H18N2O4. The third kappa shape index (κ3) is 4.95. The van der Waals surface area contributed by atoms with E-state index in [4.69, 9.17) is 0 Å². The Balaban J connectivity index is 2.10. The number of anilines is 1. The third-order valence-corrected chi connectivity index (χ3v) is 3.48. The maximum Gasteiger partial charge on any atom is 0.374 e. The highest BCUT2D eigenvalue weighted by Gasteiger charge is 2.17. The number of ether oxygens (including phenoxy) is 1. The van der Waals surface area contributed by atoms with Gasteiger partial charge in [-0.3, -0.25) is 4.79 Å². The molecule has 0 radical (unpaired) electrons. The number of carbonyl (C=O) groups is 2. The maximum atomic E-state index is 12.1. The van der Waals surface area contributed by atoms with Crippen molar-refractivity contribution in [2.24, 2.45) is 0 Å². The van der Waals surface area contributed by atoms with Crippen molar-refractivity contribution in [2.75, 3.05) is 11.9 Å². The van der Waals surface area contributed by atoms with Gasteiger partial charge in [-0.05, 0) is 30.2 Å². The lowest BCUT2D eigenvalue weighted by molar-refractivity contribution is -0.141. The summed E-state index contributed by atoms with van der Waals surface area (Å²) in [7, 11) is 0. The quantitative estimate of drug-likeness (QED) is 0.361. The second-order valence-electron chi connectivity index (χ2n) is 5.34. The molecule has 0 bridgehead atoms. The molecule has 2 aromatic rings. The van der Waals surface area contributed by atoms with Crippen LogP contribution in [0.4, 0.5) is 5.69 Å². The van der Waals surface area contributed by atoms with E-state index in [1.54, 1.807) is 25.1 Å². The van der Waals surface area contributed by atoms with Crippen molar-refractivity contribution in [3.05, 3.63) is 71.5 Å². The van der Waals surface area contributed by atoms with Gasteiger partial charge in [0.1, 0.15) is 11.6 Å². The van der Waals surface area contributed by atoms with Crippen LogP contribution in [0.3, 0.4) is 0 Å². The number of allylic oxidation sites excluding steroid dienone is 1. The number of rotatable bonds is 6. The third-order valence-electron chi connectivity index (χ3n) is 3.48. The molecule has 0 aliphatic rings. The van der Waals surface area contributed by atoms with Crippen molar-refractivity contribution in [2.45, 2.75) is 13.3 Å². The predicted octanol–water partition coefficient (Wildman–Crippen LogP) is 3.22. The number of hydrogen-bond acceptors (Lipinski definition) is 5. The number of esters is 1. The summed E-state index contributed by atoms with van der Waals surface area (Å²) in [5.41, 5.74) is 1.60. The molecule has 0 aromatic heterocycles. The molecule has 0 spiro atoms. The van der Waals surface area contributed by atoms with Crippen LogP contribution in [0.1, 0.15) is 18.1 Å². The fourth-order valence-electron chi connectivity index (χ4n) is 2.26. The normalized spacial score (nSPS) is 11.1. The molecule has 2 rings (SSSR count). The average Bonchev–Trinajstić information content (AvgIpc) is 2.64. The van der Waals surface area contributed by atoms with Gasteiger partial charge >= 0.3 is 5.97 Å². The first-order valence-corrected chi connectivity index (χ1v) is 7.99. The number of amides is 1. The minimum Gasteiger partial charge on any atom is -0.501 e. The van der Waals surface area contributed by atoms with E-state index >= 15 is 0 Å². The molecule has 0 heterocycles. The average molecular weight is 350 g/mol. The van der Waals surface area contributed by atoms with Crippen LogP contribution in [-0.2, 0) is 20.7 Å². The highest BCUT2D eigenvalue weighted by atomic mass is 16.5. The second-order valence-corrected chi connectivity index (χ2v) is 5.34. The van der Waals surface area contributed by atoms with Gasteiger partial charge in [0, 0.05) is 5.69 Å².